The molecule has 0 saturated carbocycles. The number of aromatic nitrogens is 2. The smallest absolute Gasteiger partial charge is 0.246 e. The molecule has 0 radical (unpaired) electrons. The van der Waals surface area contributed by atoms with Crippen molar-refractivity contribution in [3.8, 4) is 33.8 Å². The SMILES string of the molecule is COc1cc(Nc2c(C#N)cnc3cc(OCCCN4CCN(C(=O)CCCCCCCC(=O)NC(C(=O)N5CC(O)CC5C(=O)NCc5ccc(-c6scnc6C)cc5)C(C)(C)C)CC4)c(OC)cc23)c(Cl)cc1Cl. The van der Waals surface area contributed by atoms with Gasteiger partial charge < -0.3 is 45.1 Å². The van der Waals surface area contributed by atoms with Gasteiger partial charge in [0.05, 0.1) is 75.5 Å². The van der Waals surface area contributed by atoms with Crippen LogP contribution in [0.4, 0.5) is 11.4 Å². The third-order valence-electron chi connectivity index (χ3n) is 13.9. The van der Waals surface area contributed by atoms with Crippen LogP contribution in [0.25, 0.3) is 21.3 Å². The van der Waals surface area contributed by atoms with Crippen molar-refractivity contribution >= 4 is 80.4 Å². The number of benzene rings is 3. The number of hydrogen-bond donors (Lipinski definition) is 4. The summed E-state index contributed by atoms with van der Waals surface area (Å²) in [5, 5.41) is 31.1. The zero-order valence-corrected chi connectivity index (χ0v) is 46.5. The molecule has 2 aliphatic heterocycles. The molecule has 3 aromatic carbocycles. The summed E-state index contributed by atoms with van der Waals surface area (Å²) in [5.41, 5.74) is 5.99. The Kier molecular flexibility index (Phi) is 20.2. The van der Waals surface area contributed by atoms with Crippen molar-refractivity contribution in [1.29, 1.82) is 5.26 Å². The molecule has 2 aromatic heterocycles. The van der Waals surface area contributed by atoms with E-state index in [1.54, 1.807) is 42.7 Å². The maximum Gasteiger partial charge on any atom is 0.246 e. The summed E-state index contributed by atoms with van der Waals surface area (Å²) in [6, 6.07) is 15.2. The van der Waals surface area contributed by atoms with Gasteiger partial charge in [-0.25, -0.2) is 4.98 Å². The zero-order valence-electron chi connectivity index (χ0n) is 44.2. The van der Waals surface area contributed by atoms with E-state index in [0.29, 0.717) is 87.7 Å². The van der Waals surface area contributed by atoms with Gasteiger partial charge in [0.1, 0.15) is 23.9 Å². The second-order valence-corrected chi connectivity index (χ2v) is 22.1. The first-order valence-corrected chi connectivity index (χ1v) is 27.5. The van der Waals surface area contributed by atoms with Gasteiger partial charge >= 0.3 is 0 Å². The molecule has 2 aliphatic rings. The Morgan fingerprint density at radius 1 is 0.895 bits per heavy atom. The number of piperazine rings is 1. The summed E-state index contributed by atoms with van der Waals surface area (Å²) in [6.07, 6.45) is 6.24. The van der Waals surface area contributed by atoms with Crippen molar-refractivity contribution in [2.75, 3.05) is 65.4 Å². The molecule has 4 amide bonds. The van der Waals surface area contributed by atoms with E-state index in [9.17, 15) is 29.5 Å². The minimum absolute atomic E-state index is 0.0116. The average Bonchev–Trinajstić information content (AvgIpc) is 4.03. The van der Waals surface area contributed by atoms with E-state index >= 15 is 0 Å². The van der Waals surface area contributed by atoms with Gasteiger partial charge in [0.15, 0.2) is 11.5 Å². The Morgan fingerprint density at radius 2 is 1.61 bits per heavy atom. The molecule has 3 unspecified atom stereocenters. The van der Waals surface area contributed by atoms with Gasteiger partial charge in [0, 0.05) is 88.8 Å². The van der Waals surface area contributed by atoms with Gasteiger partial charge in [0.25, 0.3) is 0 Å². The molecule has 5 aromatic rings. The lowest BCUT2D eigenvalue weighted by atomic mass is 9.85. The molecule has 76 heavy (non-hydrogen) atoms. The number of likely N-dealkylation sites (tertiary alicyclic amines) is 1. The third kappa shape index (κ3) is 14.8. The highest BCUT2D eigenvalue weighted by molar-refractivity contribution is 7.13. The van der Waals surface area contributed by atoms with Crippen LogP contribution in [0, 0.1) is 23.7 Å². The molecule has 7 rings (SSSR count). The van der Waals surface area contributed by atoms with Crippen LogP contribution in [-0.2, 0) is 25.7 Å². The lowest BCUT2D eigenvalue weighted by Gasteiger charge is -2.35. The quantitative estimate of drug-likeness (QED) is 0.0451. The largest absolute Gasteiger partial charge is 0.495 e. The molecule has 3 atom stereocenters. The molecule has 4 N–H and O–H groups in total. The number of nitrogens with zero attached hydrogens (tertiary/aromatic N) is 6. The molecule has 406 valence electrons. The number of aliphatic hydroxyl groups is 1. The normalized spacial score (nSPS) is 16.3. The number of β-amino-alcohol motifs (C(OH)–C–C–N with tert-alkyl or cyclic N) is 1. The van der Waals surface area contributed by atoms with Crippen molar-refractivity contribution in [2.45, 2.75) is 110 Å². The minimum atomic E-state index is -0.885. The standard InChI is InChI=1S/C56H69Cl2N9O8S/c1-35-52(76-34-62-35)37-17-15-36(16-18-37)31-61-54(71)45-25-39(68)33-67(45)55(72)53(56(2,3)4)64-49(69)13-10-8-7-9-11-14-50(70)66-22-20-65(21-23-66)19-12-24-75-48-28-43-40(26-47(48)74-6)51(38(30-59)32-60-43)63-44-29-46(73-5)42(58)27-41(44)57/h15-18,26-29,32,34,39,45,53,68H,7-14,19-25,31,33H2,1-6H3,(H,60,63)(H,61,71)(H,64,69). The number of nitriles is 1. The van der Waals surface area contributed by atoms with E-state index < -0.39 is 23.6 Å². The number of methoxy groups -OCH3 is 2. The summed E-state index contributed by atoms with van der Waals surface area (Å²) in [7, 11) is 3.07. The van der Waals surface area contributed by atoms with E-state index in [4.69, 9.17) is 37.4 Å². The van der Waals surface area contributed by atoms with E-state index in [2.05, 4.69) is 36.9 Å². The number of aryl methyl sites for hydroxylation is 1. The molecule has 20 heteroatoms. The van der Waals surface area contributed by atoms with Crippen molar-refractivity contribution in [1.82, 2.24) is 35.3 Å². The average molecular weight is 1100 g/mol. The molecule has 17 nitrogen and oxygen atoms in total. The number of anilines is 2. The number of aliphatic hydroxyl groups excluding tert-OH is 1. The summed E-state index contributed by atoms with van der Waals surface area (Å²) in [5.74, 6) is 0.626. The number of halogens is 2. The van der Waals surface area contributed by atoms with Crippen molar-refractivity contribution in [3.05, 3.63) is 87.1 Å². The van der Waals surface area contributed by atoms with Crippen LogP contribution in [0.5, 0.6) is 17.2 Å². The number of unbranched alkanes of at least 4 members (excludes halogenated alkanes) is 4. The van der Waals surface area contributed by atoms with E-state index in [0.717, 1.165) is 73.4 Å². The van der Waals surface area contributed by atoms with Gasteiger partial charge in [-0.05, 0) is 54.9 Å². The van der Waals surface area contributed by atoms with Gasteiger partial charge in [-0.3, -0.25) is 29.1 Å². The fraction of sp³-hybridized carbons (Fsp3) is 0.482. The van der Waals surface area contributed by atoms with E-state index in [1.807, 2.05) is 62.4 Å². The molecule has 2 saturated heterocycles. The zero-order chi connectivity index (χ0) is 54.5. The second-order valence-electron chi connectivity index (χ2n) is 20.4. The first-order chi connectivity index (χ1) is 36.5. The molecular weight excluding hydrogens is 1030 g/mol. The molecule has 2 fully saturated rings. The lowest BCUT2D eigenvalue weighted by molar-refractivity contribution is -0.144. The van der Waals surface area contributed by atoms with Crippen LogP contribution in [0.1, 0.15) is 95.4 Å². The Hall–Kier alpha value is -6.23. The molecule has 0 bridgehead atoms. The second kappa shape index (κ2) is 26.7. The summed E-state index contributed by atoms with van der Waals surface area (Å²) in [6.45, 7) is 12.0. The number of pyridine rings is 1. The molecule has 0 spiro atoms. The van der Waals surface area contributed by atoms with Crippen LogP contribution < -0.4 is 30.2 Å². The number of carbonyl (C=O) groups excluding carboxylic acids is 4. The first kappa shape index (κ1) is 57.5. The fourth-order valence-corrected chi connectivity index (χ4v) is 10.9. The highest BCUT2D eigenvalue weighted by Gasteiger charge is 2.44. The maximum atomic E-state index is 14.1. The molecule has 0 aliphatic carbocycles. The van der Waals surface area contributed by atoms with E-state index in [1.165, 1.54) is 18.2 Å². The molecule has 4 heterocycles. The predicted molar refractivity (Wildman–Crippen MR) is 296 cm³/mol. The van der Waals surface area contributed by atoms with Crippen molar-refractivity contribution in [2.24, 2.45) is 5.41 Å². The van der Waals surface area contributed by atoms with Crippen LogP contribution in [-0.4, -0.2) is 132 Å². The Bertz CT molecular complexity index is 2880. The van der Waals surface area contributed by atoms with Crippen LogP contribution in [0.15, 0.2) is 60.2 Å². The summed E-state index contributed by atoms with van der Waals surface area (Å²) in [4.78, 5) is 69.5. The first-order valence-electron chi connectivity index (χ1n) is 25.9. The van der Waals surface area contributed by atoms with Crippen LogP contribution in [0.3, 0.4) is 0 Å². The number of nitrogens with one attached hydrogen (secondary N) is 3. The predicted octanol–water partition coefficient (Wildman–Crippen LogP) is 9.06. The number of carbonyl (C=O) groups is 4. The fourth-order valence-electron chi connectivity index (χ4n) is 9.56. The minimum Gasteiger partial charge on any atom is -0.495 e. The number of amides is 4. The third-order valence-corrected chi connectivity index (χ3v) is 15.5. The maximum absolute atomic E-state index is 14.1. The van der Waals surface area contributed by atoms with Crippen molar-refractivity contribution < 1.29 is 38.5 Å². The topological polar surface area (TPSA) is 212 Å². The Labute approximate surface area is 459 Å². The van der Waals surface area contributed by atoms with Gasteiger partial charge in [-0.2, -0.15) is 5.26 Å². The highest BCUT2D eigenvalue weighted by Crippen LogP contribution is 2.41. The van der Waals surface area contributed by atoms with Crippen molar-refractivity contribution in [3.63, 3.8) is 0 Å². The van der Waals surface area contributed by atoms with Gasteiger partial charge in [-0.1, -0.05) is 87.5 Å². The number of hydrogen-bond acceptors (Lipinski definition) is 14. The monoisotopic (exact) mass is 1100 g/mol. The summed E-state index contributed by atoms with van der Waals surface area (Å²) < 4.78 is 17.3. The van der Waals surface area contributed by atoms with Crippen LogP contribution in [0.2, 0.25) is 10.0 Å². The Morgan fingerprint density at radius 3 is 2.28 bits per heavy atom. The number of rotatable bonds is 23. The van der Waals surface area contributed by atoms with E-state index in [-0.39, 0.29) is 49.6 Å². The highest BCUT2D eigenvalue weighted by atomic mass is 35.5. The van der Waals surface area contributed by atoms with Gasteiger partial charge in [-0.15, -0.1) is 11.3 Å². The number of ether oxygens (including phenoxy) is 3. The number of fused-ring (bicyclic) bond motifs is 1. The van der Waals surface area contributed by atoms with Crippen LogP contribution >= 0.6 is 34.5 Å². The number of thiazole rings is 1. The molecular formula is C56H69Cl2N9O8S. The lowest BCUT2D eigenvalue weighted by Crippen LogP contribution is -2.57. The summed E-state index contributed by atoms with van der Waals surface area (Å²) >= 11 is 14.3. The Balaban J connectivity index is 0.775. The van der Waals surface area contributed by atoms with Gasteiger partial charge in [0.2, 0.25) is 23.6 Å².